The summed E-state index contributed by atoms with van der Waals surface area (Å²) in [6.07, 6.45) is 2.90. The molecule has 106 valence electrons. The molecule has 0 aliphatic rings. The van der Waals surface area contributed by atoms with Crippen molar-refractivity contribution >= 4 is 22.2 Å². The van der Waals surface area contributed by atoms with Gasteiger partial charge in [-0.05, 0) is 6.92 Å². The van der Waals surface area contributed by atoms with Crippen LogP contribution in [0.15, 0.2) is 34.7 Å². The summed E-state index contributed by atoms with van der Waals surface area (Å²) >= 11 is 1.34. The Labute approximate surface area is 119 Å². The molecule has 7 heteroatoms. The van der Waals surface area contributed by atoms with Crippen molar-refractivity contribution in [3.05, 3.63) is 45.8 Å². The second-order valence-electron chi connectivity index (χ2n) is 4.30. The van der Waals surface area contributed by atoms with Crippen LogP contribution in [0.2, 0.25) is 0 Å². The van der Waals surface area contributed by atoms with Gasteiger partial charge in [-0.25, -0.2) is 4.98 Å². The van der Waals surface area contributed by atoms with Crippen molar-refractivity contribution in [1.29, 1.82) is 0 Å². The van der Waals surface area contributed by atoms with Gasteiger partial charge < -0.3 is 10.1 Å². The van der Waals surface area contributed by atoms with E-state index in [2.05, 4.69) is 16.9 Å². The number of thiazole rings is 1. The van der Waals surface area contributed by atoms with Gasteiger partial charge in [0, 0.05) is 24.3 Å². The molecule has 0 saturated carbocycles. The molecule has 6 nitrogen and oxygen atoms in total. The van der Waals surface area contributed by atoms with E-state index in [1.807, 2.05) is 6.92 Å². The second-order valence-corrected chi connectivity index (χ2v) is 5.17. The fourth-order valence-electron chi connectivity index (χ4n) is 1.56. The molecule has 0 atom stereocenters. The maximum absolute atomic E-state index is 12.0. The van der Waals surface area contributed by atoms with Crippen molar-refractivity contribution in [2.24, 2.45) is 0 Å². The molecule has 2 aromatic heterocycles. The second kappa shape index (κ2) is 6.44. The third kappa shape index (κ3) is 3.31. The lowest BCUT2D eigenvalue weighted by Gasteiger charge is -2.06. The summed E-state index contributed by atoms with van der Waals surface area (Å²) < 4.78 is 6.62. The van der Waals surface area contributed by atoms with Gasteiger partial charge in [-0.1, -0.05) is 12.2 Å². The molecule has 0 saturated heterocycles. The summed E-state index contributed by atoms with van der Waals surface area (Å²) in [6, 6.07) is 0. The molecule has 0 bridgehead atoms. The Morgan fingerprint density at radius 3 is 3.15 bits per heavy atom. The highest BCUT2D eigenvalue weighted by atomic mass is 32.1. The van der Waals surface area contributed by atoms with Crippen molar-refractivity contribution in [2.75, 3.05) is 19.8 Å². The fourth-order valence-corrected chi connectivity index (χ4v) is 2.23. The number of hydrogen-bond donors (Lipinski definition) is 1. The Bertz CT molecular complexity index is 689. The van der Waals surface area contributed by atoms with Gasteiger partial charge in [0.25, 0.3) is 11.5 Å². The Kier molecular flexibility index (Phi) is 4.65. The molecule has 2 heterocycles. The maximum Gasteiger partial charge on any atom is 0.271 e. The van der Waals surface area contributed by atoms with Gasteiger partial charge in [0.15, 0.2) is 4.96 Å². The lowest BCUT2D eigenvalue weighted by molar-refractivity contribution is 0.0925. The summed E-state index contributed by atoms with van der Waals surface area (Å²) in [7, 11) is 0. The van der Waals surface area contributed by atoms with Gasteiger partial charge in [-0.3, -0.25) is 14.0 Å². The average Bonchev–Trinajstić information content (AvgIpc) is 2.87. The standard InChI is InChI=1S/C13H15N3O3S/c1-9(2)8-19-5-3-14-11(17)10-7-15-13-16(12(10)18)4-6-20-13/h4,6-7H,1,3,5,8H2,2H3,(H,14,17). The molecule has 0 unspecified atom stereocenters. The molecule has 0 spiro atoms. The van der Waals surface area contributed by atoms with Crippen molar-refractivity contribution in [3.63, 3.8) is 0 Å². The summed E-state index contributed by atoms with van der Waals surface area (Å²) in [4.78, 5) is 28.6. The number of amides is 1. The van der Waals surface area contributed by atoms with Crippen LogP contribution in [-0.2, 0) is 4.74 Å². The van der Waals surface area contributed by atoms with Crippen LogP contribution in [-0.4, -0.2) is 35.1 Å². The highest BCUT2D eigenvalue weighted by molar-refractivity contribution is 7.15. The predicted molar refractivity (Wildman–Crippen MR) is 77.3 cm³/mol. The van der Waals surface area contributed by atoms with Gasteiger partial charge in [0.05, 0.1) is 13.2 Å². The number of nitrogens with zero attached hydrogens (tertiary/aromatic N) is 2. The first-order chi connectivity index (χ1) is 9.59. The van der Waals surface area contributed by atoms with Gasteiger partial charge in [0.1, 0.15) is 5.56 Å². The smallest absolute Gasteiger partial charge is 0.271 e. The zero-order valence-electron chi connectivity index (χ0n) is 11.1. The van der Waals surface area contributed by atoms with E-state index in [1.54, 1.807) is 11.6 Å². The zero-order valence-corrected chi connectivity index (χ0v) is 11.9. The Hall–Kier alpha value is -1.99. The third-order valence-corrected chi connectivity index (χ3v) is 3.24. The molecule has 20 heavy (non-hydrogen) atoms. The number of ether oxygens (including phenoxy) is 1. The minimum absolute atomic E-state index is 0.0285. The van der Waals surface area contributed by atoms with Crippen LogP contribution in [0.1, 0.15) is 17.3 Å². The molecule has 0 aromatic carbocycles. The van der Waals surface area contributed by atoms with E-state index in [0.717, 1.165) is 5.57 Å². The SMILES string of the molecule is C=C(C)COCCNC(=O)c1cnc2sccn2c1=O. The molecule has 2 aromatic rings. The van der Waals surface area contributed by atoms with Crippen molar-refractivity contribution < 1.29 is 9.53 Å². The average molecular weight is 293 g/mol. The lowest BCUT2D eigenvalue weighted by atomic mass is 10.3. The Morgan fingerprint density at radius 2 is 2.40 bits per heavy atom. The first kappa shape index (κ1) is 14.4. The minimum Gasteiger partial charge on any atom is -0.375 e. The van der Waals surface area contributed by atoms with Gasteiger partial charge in [0.2, 0.25) is 0 Å². The van der Waals surface area contributed by atoms with Crippen LogP contribution in [0.25, 0.3) is 4.96 Å². The first-order valence-electron chi connectivity index (χ1n) is 6.05. The van der Waals surface area contributed by atoms with E-state index in [-0.39, 0.29) is 11.1 Å². The van der Waals surface area contributed by atoms with Crippen molar-refractivity contribution in [2.45, 2.75) is 6.92 Å². The molecule has 0 radical (unpaired) electrons. The molecule has 0 fully saturated rings. The molecular weight excluding hydrogens is 278 g/mol. The number of nitrogens with one attached hydrogen (secondary N) is 1. The van der Waals surface area contributed by atoms with E-state index >= 15 is 0 Å². The van der Waals surface area contributed by atoms with Crippen molar-refractivity contribution in [3.8, 4) is 0 Å². The van der Waals surface area contributed by atoms with E-state index in [1.165, 1.54) is 21.9 Å². The quantitative estimate of drug-likeness (QED) is 0.639. The number of carbonyl (C=O) groups is 1. The van der Waals surface area contributed by atoms with E-state index in [0.29, 0.717) is 24.7 Å². The Morgan fingerprint density at radius 1 is 1.60 bits per heavy atom. The molecular formula is C13H15N3O3S. The molecule has 1 amide bonds. The molecule has 0 aliphatic heterocycles. The van der Waals surface area contributed by atoms with Gasteiger partial charge >= 0.3 is 0 Å². The molecule has 1 N–H and O–H groups in total. The lowest BCUT2D eigenvalue weighted by Crippen LogP contribution is -2.33. The van der Waals surface area contributed by atoms with Crippen LogP contribution >= 0.6 is 11.3 Å². The number of fused-ring (bicyclic) bond motifs is 1. The maximum atomic E-state index is 12.0. The summed E-state index contributed by atoms with van der Waals surface area (Å²) in [5, 5.41) is 4.37. The van der Waals surface area contributed by atoms with Gasteiger partial charge in [-0.15, -0.1) is 11.3 Å². The van der Waals surface area contributed by atoms with Crippen LogP contribution in [0.3, 0.4) is 0 Å². The van der Waals surface area contributed by atoms with E-state index in [9.17, 15) is 9.59 Å². The minimum atomic E-state index is -0.443. The zero-order chi connectivity index (χ0) is 14.5. The fraction of sp³-hybridized carbons (Fsp3) is 0.308. The normalized spacial score (nSPS) is 10.7. The molecule has 2 rings (SSSR count). The van der Waals surface area contributed by atoms with Gasteiger partial charge in [-0.2, -0.15) is 0 Å². The highest BCUT2D eigenvalue weighted by Crippen LogP contribution is 2.05. The molecule has 0 aliphatic carbocycles. The number of hydrogen-bond acceptors (Lipinski definition) is 5. The Balaban J connectivity index is 1.96. The van der Waals surface area contributed by atoms with Crippen LogP contribution in [0.4, 0.5) is 0 Å². The highest BCUT2D eigenvalue weighted by Gasteiger charge is 2.12. The topological polar surface area (TPSA) is 72.7 Å². The van der Waals surface area contributed by atoms with Crippen LogP contribution in [0.5, 0.6) is 0 Å². The number of rotatable bonds is 6. The first-order valence-corrected chi connectivity index (χ1v) is 6.92. The summed E-state index contributed by atoms with van der Waals surface area (Å²) in [5.74, 6) is -0.443. The third-order valence-electron chi connectivity index (χ3n) is 2.47. The summed E-state index contributed by atoms with van der Waals surface area (Å²) in [5.41, 5.74) is 0.582. The van der Waals surface area contributed by atoms with E-state index in [4.69, 9.17) is 4.74 Å². The largest absolute Gasteiger partial charge is 0.375 e. The van der Waals surface area contributed by atoms with Crippen LogP contribution < -0.4 is 10.9 Å². The van der Waals surface area contributed by atoms with E-state index < -0.39 is 5.91 Å². The number of carbonyl (C=O) groups excluding carboxylic acids is 1. The van der Waals surface area contributed by atoms with Crippen molar-refractivity contribution in [1.82, 2.24) is 14.7 Å². The predicted octanol–water partition coefficient (Wildman–Crippen LogP) is 1.08. The summed E-state index contributed by atoms with van der Waals surface area (Å²) in [6.45, 7) is 6.73. The monoisotopic (exact) mass is 293 g/mol. The van der Waals surface area contributed by atoms with Crippen LogP contribution in [0, 0.1) is 0 Å². The number of aromatic nitrogens is 2.